The number of benzene rings is 1. The van der Waals surface area contributed by atoms with Crippen LogP contribution in [0.25, 0.3) is 21.1 Å². The highest BCUT2D eigenvalue weighted by atomic mass is 32.1. The summed E-state index contributed by atoms with van der Waals surface area (Å²) < 4.78 is 5.21. The number of thiophene rings is 1. The van der Waals surface area contributed by atoms with E-state index in [0.29, 0.717) is 27.2 Å². The van der Waals surface area contributed by atoms with E-state index in [1.807, 2.05) is 24.3 Å². The van der Waals surface area contributed by atoms with Crippen LogP contribution in [0.4, 0.5) is 0 Å². The summed E-state index contributed by atoms with van der Waals surface area (Å²) in [5, 5.41) is 1.16. The average molecular weight is 381 g/mol. The fourth-order valence-corrected chi connectivity index (χ4v) is 4.14. The van der Waals surface area contributed by atoms with Crippen molar-refractivity contribution < 1.29 is 14.3 Å². The number of fused-ring (bicyclic) bond motifs is 2. The predicted octanol–water partition coefficient (Wildman–Crippen LogP) is 3.12. The number of para-hydroxylation sites is 1. The minimum atomic E-state index is -0.638. The lowest BCUT2D eigenvalue weighted by Gasteiger charge is -2.03. The Labute approximate surface area is 157 Å². The molecule has 0 radical (unpaired) electrons. The van der Waals surface area contributed by atoms with Gasteiger partial charge < -0.3 is 14.7 Å². The largest absolute Gasteiger partial charge is 0.453 e. The number of ketones is 1. The fourth-order valence-electron chi connectivity index (χ4n) is 3.02. The zero-order chi connectivity index (χ0) is 19.1. The number of Topliss-reactive ketones (excluding diaryl/α,β-unsaturated/α-hetero) is 1. The number of rotatable bonds is 4. The van der Waals surface area contributed by atoms with E-state index in [2.05, 4.69) is 15.0 Å². The van der Waals surface area contributed by atoms with Crippen molar-refractivity contribution in [3.8, 4) is 0 Å². The molecule has 0 spiro atoms. The van der Waals surface area contributed by atoms with Gasteiger partial charge in [0.05, 0.1) is 5.39 Å². The van der Waals surface area contributed by atoms with Crippen LogP contribution in [0.2, 0.25) is 0 Å². The van der Waals surface area contributed by atoms with Crippen LogP contribution in [0.1, 0.15) is 31.4 Å². The normalized spacial score (nSPS) is 11.2. The number of hydrogen-bond donors (Lipinski definition) is 2. The van der Waals surface area contributed by atoms with E-state index in [-0.39, 0.29) is 22.8 Å². The van der Waals surface area contributed by atoms with Crippen molar-refractivity contribution in [1.29, 1.82) is 0 Å². The number of nitrogens with zero attached hydrogens (tertiary/aromatic N) is 1. The standard InChI is InChI=1S/C19H15N3O4S/c1-9-15-17(24)21-10(2)22-18(15)27-16(9)19(25)26-8-14(23)12-7-20-13-6-4-3-5-11(12)13/h3-7,20H,8H2,1-2H3,(H,21,22,24). The monoisotopic (exact) mass is 381 g/mol. The van der Waals surface area contributed by atoms with Crippen molar-refractivity contribution >= 4 is 44.2 Å². The smallest absolute Gasteiger partial charge is 0.349 e. The molecule has 4 aromatic rings. The van der Waals surface area contributed by atoms with Crippen LogP contribution in [-0.2, 0) is 4.74 Å². The van der Waals surface area contributed by atoms with Crippen molar-refractivity contribution in [3.05, 3.63) is 62.6 Å². The number of ether oxygens (including phenoxy) is 1. The Bertz CT molecular complexity index is 1270. The maximum Gasteiger partial charge on any atom is 0.349 e. The second-order valence-corrected chi connectivity index (χ2v) is 7.13. The molecule has 0 aliphatic heterocycles. The minimum absolute atomic E-state index is 0.278. The molecule has 0 aliphatic rings. The third-order valence-corrected chi connectivity index (χ3v) is 5.49. The first-order valence-electron chi connectivity index (χ1n) is 8.22. The quantitative estimate of drug-likeness (QED) is 0.417. The van der Waals surface area contributed by atoms with Gasteiger partial charge in [0.15, 0.2) is 6.61 Å². The van der Waals surface area contributed by atoms with Crippen LogP contribution < -0.4 is 5.56 Å². The Morgan fingerprint density at radius 2 is 2.00 bits per heavy atom. The molecule has 0 bridgehead atoms. The number of esters is 1. The van der Waals surface area contributed by atoms with Gasteiger partial charge in [-0.2, -0.15) is 0 Å². The number of aromatic amines is 2. The van der Waals surface area contributed by atoms with E-state index in [1.54, 1.807) is 20.0 Å². The molecule has 2 N–H and O–H groups in total. The number of H-pyrrole nitrogens is 2. The summed E-state index contributed by atoms with van der Waals surface area (Å²) in [6, 6.07) is 7.41. The van der Waals surface area contributed by atoms with E-state index in [1.165, 1.54) is 0 Å². The molecule has 0 saturated heterocycles. The first kappa shape index (κ1) is 17.2. The second-order valence-electron chi connectivity index (χ2n) is 6.13. The van der Waals surface area contributed by atoms with Crippen LogP contribution >= 0.6 is 11.3 Å². The highest BCUT2D eigenvalue weighted by Gasteiger charge is 2.21. The molecular weight excluding hydrogens is 366 g/mol. The van der Waals surface area contributed by atoms with Crippen LogP contribution in [0.3, 0.4) is 0 Å². The Morgan fingerprint density at radius 1 is 1.22 bits per heavy atom. The lowest BCUT2D eigenvalue weighted by Crippen LogP contribution is -2.14. The van der Waals surface area contributed by atoms with E-state index < -0.39 is 5.97 Å². The van der Waals surface area contributed by atoms with Gasteiger partial charge in [0.1, 0.15) is 15.5 Å². The summed E-state index contributed by atoms with van der Waals surface area (Å²) in [5.41, 5.74) is 1.53. The number of hydrogen-bond acceptors (Lipinski definition) is 6. The van der Waals surface area contributed by atoms with Crippen LogP contribution in [0, 0.1) is 13.8 Å². The molecule has 0 fully saturated rings. The molecule has 0 atom stereocenters. The van der Waals surface area contributed by atoms with E-state index in [0.717, 1.165) is 22.2 Å². The summed E-state index contributed by atoms with van der Waals surface area (Å²) in [7, 11) is 0. The lowest BCUT2D eigenvalue weighted by molar-refractivity contribution is 0.0479. The summed E-state index contributed by atoms with van der Waals surface area (Å²) in [4.78, 5) is 47.7. The maximum atomic E-state index is 12.5. The Balaban J connectivity index is 1.57. The fraction of sp³-hybridized carbons (Fsp3) is 0.158. The van der Waals surface area contributed by atoms with Crippen molar-refractivity contribution in [3.63, 3.8) is 0 Å². The summed E-state index contributed by atoms with van der Waals surface area (Å²) in [6.07, 6.45) is 1.61. The van der Waals surface area contributed by atoms with Gasteiger partial charge in [0.25, 0.3) is 5.56 Å². The van der Waals surface area contributed by atoms with Crippen molar-refractivity contribution in [2.24, 2.45) is 0 Å². The number of carbonyl (C=O) groups is 2. The van der Waals surface area contributed by atoms with Gasteiger partial charge in [-0.3, -0.25) is 9.59 Å². The van der Waals surface area contributed by atoms with Crippen molar-refractivity contribution in [2.45, 2.75) is 13.8 Å². The Hall–Kier alpha value is -3.26. The van der Waals surface area contributed by atoms with Crippen molar-refractivity contribution in [2.75, 3.05) is 6.61 Å². The van der Waals surface area contributed by atoms with Gasteiger partial charge in [-0.25, -0.2) is 9.78 Å². The summed E-state index contributed by atoms with van der Waals surface area (Å²) in [6.45, 7) is 2.97. The van der Waals surface area contributed by atoms with Crippen LogP contribution in [0.5, 0.6) is 0 Å². The predicted molar refractivity (Wildman–Crippen MR) is 103 cm³/mol. The van der Waals surface area contributed by atoms with Gasteiger partial charge in [0, 0.05) is 22.7 Å². The third-order valence-electron chi connectivity index (χ3n) is 4.33. The SMILES string of the molecule is Cc1nc2sc(C(=O)OCC(=O)c3c[nH]c4ccccc34)c(C)c2c(=O)[nH]1. The summed E-state index contributed by atoms with van der Waals surface area (Å²) in [5.74, 6) is -0.463. The lowest BCUT2D eigenvalue weighted by atomic mass is 10.1. The maximum absolute atomic E-state index is 12.5. The van der Waals surface area contributed by atoms with Crippen molar-refractivity contribution in [1.82, 2.24) is 15.0 Å². The molecule has 0 aliphatic carbocycles. The topological polar surface area (TPSA) is 105 Å². The van der Waals surface area contributed by atoms with Crippen LogP contribution in [-0.4, -0.2) is 33.3 Å². The average Bonchev–Trinajstić information content (AvgIpc) is 3.21. The number of aromatic nitrogens is 3. The van der Waals surface area contributed by atoms with Gasteiger partial charge in [-0.05, 0) is 25.5 Å². The zero-order valence-corrected chi connectivity index (χ0v) is 15.4. The molecule has 8 heteroatoms. The molecule has 1 aromatic carbocycles. The van der Waals surface area contributed by atoms with Gasteiger partial charge in [-0.1, -0.05) is 18.2 Å². The molecule has 136 valence electrons. The number of carbonyl (C=O) groups excluding carboxylic acids is 2. The highest BCUT2D eigenvalue weighted by molar-refractivity contribution is 7.20. The molecule has 7 nitrogen and oxygen atoms in total. The Morgan fingerprint density at radius 3 is 2.81 bits per heavy atom. The first-order valence-corrected chi connectivity index (χ1v) is 9.04. The van der Waals surface area contributed by atoms with E-state index >= 15 is 0 Å². The first-order chi connectivity index (χ1) is 13.0. The van der Waals surface area contributed by atoms with Crippen LogP contribution in [0.15, 0.2) is 35.3 Å². The Kier molecular flexibility index (Phi) is 4.12. The number of nitrogens with one attached hydrogen (secondary N) is 2. The highest BCUT2D eigenvalue weighted by Crippen LogP contribution is 2.27. The minimum Gasteiger partial charge on any atom is -0.453 e. The molecule has 0 unspecified atom stereocenters. The number of aryl methyl sites for hydroxylation is 2. The van der Waals surface area contributed by atoms with E-state index in [4.69, 9.17) is 4.74 Å². The molecule has 0 amide bonds. The summed E-state index contributed by atoms with van der Waals surface area (Å²) >= 11 is 1.09. The molecule has 3 heterocycles. The third kappa shape index (κ3) is 2.93. The van der Waals surface area contributed by atoms with E-state index in [9.17, 15) is 14.4 Å². The van der Waals surface area contributed by atoms with Gasteiger partial charge >= 0.3 is 5.97 Å². The molecule has 0 saturated carbocycles. The second kappa shape index (κ2) is 6.48. The molecular formula is C19H15N3O4S. The zero-order valence-electron chi connectivity index (χ0n) is 14.6. The molecule has 27 heavy (non-hydrogen) atoms. The van der Waals surface area contributed by atoms with Gasteiger partial charge in [-0.15, -0.1) is 11.3 Å². The van der Waals surface area contributed by atoms with Gasteiger partial charge in [0.2, 0.25) is 5.78 Å². The molecule has 4 rings (SSSR count). The molecule has 3 aromatic heterocycles.